The lowest BCUT2D eigenvalue weighted by Gasteiger charge is -2.16. The lowest BCUT2D eigenvalue weighted by Crippen LogP contribution is -2.46. The Hall–Kier alpha value is -2.89. The molecule has 0 saturated carbocycles. The molecule has 1 saturated heterocycles. The minimum absolute atomic E-state index is 0.00284. The lowest BCUT2D eigenvalue weighted by atomic mass is 10.1. The number of phosphoric acid groups is 1. The summed E-state index contributed by atoms with van der Waals surface area (Å²) in [6.07, 6.45) is -0.0448. The van der Waals surface area contributed by atoms with Crippen LogP contribution in [0.2, 0.25) is 0 Å². The monoisotopic (exact) mass is 547 g/mol. The van der Waals surface area contributed by atoms with Crippen molar-refractivity contribution in [2.45, 2.75) is 43.8 Å². The predicted molar refractivity (Wildman–Crippen MR) is 136 cm³/mol. The van der Waals surface area contributed by atoms with E-state index in [4.69, 9.17) is 24.3 Å². The average molecular weight is 548 g/mol. The maximum Gasteiger partial charge on any atom is 0.472 e. The van der Waals surface area contributed by atoms with Crippen LogP contribution < -0.4 is 15.0 Å². The van der Waals surface area contributed by atoms with Crippen molar-refractivity contribution in [3.63, 3.8) is 0 Å². The first-order valence-electron chi connectivity index (χ1n) is 12.3. The Morgan fingerprint density at radius 1 is 0.974 bits per heavy atom. The highest BCUT2D eigenvalue weighted by molar-refractivity contribution is 7.47. The van der Waals surface area contributed by atoms with Crippen LogP contribution in [0.15, 0.2) is 67.0 Å². The second-order valence-corrected chi connectivity index (χ2v) is 10.4. The van der Waals surface area contributed by atoms with E-state index in [0.29, 0.717) is 19.4 Å². The Morgan fingerprint density at radius 2 is 1.74 bits per heavy atom. The number of ether oxygens (including phenoxy) is 2. The molecule has 0 bridgehead atoms. The number of fused-ring (bicyclic) bond motifs is 1. The van der Waals surface area contributed by atoms with Gasteiger partial charge < -0.3 is 30.3 Å². The molecule has 0 radical (unpaired) electrons. The van der Waals surface area contributed by atoms with E-state index in [1.165, 1.54) is 29.1 Å². The molecule has 5 atom stereocenters. The molecule has 38 heavy (non-hydrogen) atoms. The Kier molecular flexibility index (Phi) is 9.45. The molecule has 1 aliphatic rings. The first-order chi connectivity index (χ1) is 18.2. The molecule has 12 heteroatoms. The fourth-order valence-corrected chi connectivity index (χ4v) is 4.95. The van der Waals surface area contributed by atoms with Gasteiger partial charge in [-0.3, -0.25) is 13.8 Å². The van der Waals surface area contributed by atoms with E-state index in [-0.39, 0.29) is 12.2 Å². The third kappa shape index (κ3) is 7.15. The lowest BCUT2D eigenvalue weighted by molar-refractivity contribution is -0.765. The molecule has 4 rings (SSSR count). The van der Waals surface area contributed by atoms with Gasteiger partial charge in [0.2, 0.25) is 0 Å². The highest BCUT2D eigenvalue weighted by Gasteiger charge is 2.49. The molecular weight excluding hydrogens is 515 g/mol. The fourth-order valence-electron chi connectivity index (χ4n) is 4.18. The summed E-state index contributed by atoms with van der Waals surface area (Å²) in [4.78, 5) is 21.4. The summed E-state index contributed by atoms with van der Waals surface area (Å²) in [5.41, 5.74) is 5.46. The number of carbonyl (C=O) groups is 1. The molecule has 1 aromatic heterocycles. The number of nitrogens with two attached hydrogens (primary N) is 1. The van der Waals surface area contributed by atoms with Gasteiger partial charge >= 0.3 is 7.82 Å². The van der Waals surface area contributed by atoms with Crippen LogP contribution in [-0.4, -0.2) is 59.1 Å². The van der Waals surface area contributed by atoms with Crippen LogP contribution in [0.25, 0.3) is 10.8 Å². The average Bonchev–Trinajstić information content (AvgIpc) is 3.20. The SMILES string of the molecule is NC(=O)c1ccc[n+]([C@@H]2O[C@H](COP(=O)(O)OCCCCCOc3cccc4ccccc34)[C@@H](O)[C@H]2O)c1. The third-order valence-corrected chi connectivity index (χ3v) is 7.17. The van der Waals surface area contributed by atoms with E-state index in [0.717, 1.165) is 22.9 Å². The van der Waals surface area contributed by atoms with Crippen LogP contribution >= 0.6 is 7.82 Å². The van der Waals surface area contributed by atoms with Crippen LogP contribution in [0.1, 0.15) is 35.8 Å². The van der Waals surface area contributed by atoms with E-state index >= 15 is 0 Å². The Bertz CT molecular complexity index is 1290. The first-order valence-corrected chi connectivity index (χ1v) is 13.8. The molecular formula is C26H32N2O9P+. The van der Waals surface area contributed by atoms with Gasteiger partial charge in [0.25, 0.3) is 12.1 Å². The van der Waals surface area contributed by atoms with E-state index in [2.05, 4.69) is 0 Å². The molecule has 1 fully saturated rings. The number of rotatable bonds is 13. The van der Waals surface area contributed by atoms with Gasteiger partial charge in [-0.05, 0) is 36.8 Å². The van der Waals surface area contributed by atoms with Gasteiger partial charge in [-0.2, -0.15) is 4.57 Å². The summed E-state index contributed by atoms with van der Waals surface area (Å²) in [7, 11) is -4.41. The van der Waals surface area contributed by atoms with Crippen molar-refractivity contribution < 1.29 is 47.6 Å². The maximum absolute atomic E-state index is 12.3. The second-order valence-electron chi connectivity index (χ2n) is 8.93. The van der Waals surface area contributed by atoms with Gasteiger partial charge in [0.15, 0.2) is 18.5 Å². The molecule has 3 aromatic rings. The van der Waals surface area contributed by atoms with Gasteiger partial charge in [0, 0.05) is 11.5 Å². The van der Waals surface area contributed by atoms with Gasteiger partial charge in [-0.1, -0.05) is 36.4 Å². The standard InChI is InChI=1S/C26H31N2O9P/c27-25(31)19-10-7-13-28(16-19)26-24(30)23(29)22(37-26)17-36-38(32,33)35-15-5-1-4-14-34-21-12-6-9-18-8-2-3-11-20(18)21/h2-3,6-13,16,22-24,26,29-30H,1,4-5,14-15,17H2,(H2-,27,31,32,33)/p+1/t22-,23-,24-,26-/m1/s1. The molecule has 11 nitrogen and oxygen atoms in total. The molecule has 2 heterocycles. The Balaban J connectivity index is 1.16. The number of carbonyl (C=O) groups excluding carboxylic acids is 1. The molecule has 0 spiro atoms. The number of aromatic nitrogens is 1. The number of aliphatic hydroxyl groups excluding tert-OH is 2. The zero-order valence-electron chi connectivity index (χ0n) is 20.7. The molecule has 1 aliphatic heterocycles. The third-order valence-electron chi connectivity index (χ3n) is 6.19. The number of nitrogens with zero attached hydrogens (tertiary/aromatic N) is 1. The van der Waals surface area contributed by atoms with Gasteiger partial charge in [-0.25, -0.2) is 4.57 Å². The van der Waals surface area contributed by atoms with E-state index in [1.807, 2.05) is 42.5 Å². The van der Waals surface area contributed by atoms with Crippen molar-refractivity contribution in [1.29, 1.82) is 0 Å². The number of aliphatic hydroxyl groups is 2. The zero-order chi connectivity index (χ0) is 27.1. The van der Waals surface area contributed by atoms with Crippen molar-refractivity contribution in [2.75, 3.05) is 19.8 Å². The largest absolute Gasteiger partial charge is 0.493 e. The van der Waals surface area contributed by atoms with Crippen LogP contribution in [0.5, 0.6) is 5.75 Å². The molecule has 5 N–H and O–H groups in total. The van der Waals surface area contributed by atoms with Crippen LogP contribution in [-0.2, 0) is 18.3 Å². The quantitative estimate of drug-likeness (QED) is 0.143. The van der Waals surface area contributed by atoms with Crippen molar-refractivity contribution in [2.24, 2.45) is 5.73 Å². The number of amides is 1. The summed E-state index contributed by atoms with van der Waals surface area (Å²) in [5, 5.41) is 22.8. The number of primary amides is 1. The molecule has 2 aromatic carbocycles. The van der Waals surface area contributed by atoms with E-state index < -0.39 is 44.9 Å². The van der Waals surface area contributed by atoms with E-state index in [9.17, 15) is 24.5 Å². The number of unbranched alkanes of at least 4 members (excludes halogenated alkanes) is 2. The minimum Gasteiger partial charge on any atom is -0.493 e. The van der Waals surface area contributed by atoms with Gasteiger partial charge in [0.05, 0.1) is 19.8 Å². The van der Waals surface area contributed by atoms with E-state index in [1.54, 1.807) is 0 Å². The number of benzene rings is 2. The highest BCUT2D eigenvalue weighted by atomic mass is 31.2. The minimum atomic E-state index is -4.41. The fraction of sp³-hybridized carbons (Fsp3) is 0.385. The van der Waals surface area contributed by atoms with Crippen LogP contribution in [0, 0.1) is 0 Å². The Labute approximate surface area is 219 Å². The maximum atomic E-state index is 12.3. The predicted octanol–water partition coefficient (Wildman–Crippen LogP) is 2.23. The second kappa shape index (κ2) is 12.8. The summed E-state index contributed by atoms with van der Waals surface area (Å²) >= 11 is 0. The van der Waals surface area contributed by atoms with Gasteiger partial charge in [0.1, 0.15) is 23.5 Å². The van der Waals surface area contributed by atoms with Gasteiger partial charge in [-0.15, -0.1) is 0 Å². The molecule has 0 aliphatic carbocycles. The van der Waals surface area contributed by atoms with Crippen molar-refractivity contribution in [1.82, 2.24) is 0 Å². The summed E-state index contributed by atoms with van der Waals surface area (Å²) in [6.45, 7) is 0.0106. The zero-order valence-corrected chi connectivity index (χ0v) is 21.6. The molecule has 1 amide bonds. The highest BCUT2D eigenvalue weighted by Crippen LogP contribution is 2.44. The van der Waals surface area contributed by atoms with Crippen molar-refractivity contribution in [3.8, 4) is 5.75 Å². The summed E-state index contributed by atoms with van der Waals surface area (Å²) < 4.78 is 35.2. The van der Waals surface area contributed by atoms with Crippen LogP contribution in [0.4, 0.5) is 0 Å². The smallest absolute Gasteiger partial charge is 0.472 e. The first kappa shape index (κ1) is 28.1. The van der Waals surface area contributed by atoms with Crippen molar-refractivity contribution in [3.05, 3.63) is 72.6 Å². The summed E-state index contributed by atoms with van der Waals surface area (Å²) in [5.74, 6) is 0.151. The summed E-state index contributed by atoms with van der Waals surface area (Å²) in [6, 6.07) is 16.9. The molecule has 204 valence electrons. The number of phosphoric ester groups is 1. The normalized spacial score (nSPS) is 22.8. The van der Waals surface area contributed by atoms with Crippen molar-refractivity contribution >= 4 is 24.5 Å². The van der Waals surface area contributed by atoms with Crippen LogP contribution in [0.3, 0.4) is 0 Å². The Morgan fingerprint density at radius 3 is 2.55 bits per heavy atom. The number of hydrogen-bond donors (Lipinski definition) is 4. The topological polar surface area (TPSA) is 162 Å². The number of hydrogen-bond acceptors (Lipinski definition) is 8. The molecule has 1 unspecified atom stereocenters. The number of pyridine rings is 1.